The lowest BCUT2D eigenvalue weighted by Gasteiger charge is -2.32. The van der Waals surface area contributed by atoms with E-state index in [4.69, 9.17) is 4.74 Å². The SMILES string of the molecule is C=CCN(CC=C)C(=O)c1ccccc1OC1CCN(C(=O)c2cccnc2)CC1. The van der Waals surface area contributed by atoms with Gasteiger partial charge in [-0.1, -0.05) is 24.3 Å². The molecular formula is C24H27N3O3. The Bertz CT molecular complexity index is 880. The summed E-state index contributed by atoms with van der Waals surface area (Å²) in [5, 5.41) is 0. The van der Waals surface area contributed by atoms with E-state index in [0.717, 1.165) is 0 Å². The van der Waals surface area contributed by atoms with Gasteiger partial charge in [0.25, 0.3) is 11.8 Å². The number of hydrogen-bond acceptors (Lipinski definition) is 4. The van der Waals surface area contributed by atoms with Crippen LogP contribution in [0.2, 0.25) is 0 Å². The lowest BCUT2D eigenvalue weighted by Crippen LogP contribution is -2.42. The van der Waals surface area contributed by atoms with Gasteiger partial charge in [0, 0.05) is 51.4 Å². The third-order valence-electron chi connectivity index (χ3n) is 5.03. The predicted octanol–water partition coefficient (Wildman–Crippen LogP) is 3.58. The number of pyridine rings is 1. The molecular weight excluding hydrogens is 378 g/mol. The van der Waals surface area contributed by atoms with E-state index >= 15 is 0 Å². The third-order valence-corrected chi connectivity index (χ3v) is 5.03. The minimum absolute atomic E-state index is 0.0124. The van der Waals surface area contributed by atoms with Crippen molar-refractivity contribution in [3.8, 4) is 5.75 Å². The van der Waals surface area contributed by atoms with Crippen LogP contribution in [0, 0.1) is 0 Å². The first-order chi connectivity index (χ1) is 14.6. The van der Waals surface area contributed by atoms with E-state index in [9.17, 15) is 9.59 Å². The number of rotatable bonds is 8. The summed E-state index contributed by atoms with van der Waals surface area (Å²) < 4.78 is 6.20. The number of hydrogen-bond donors (Lipinski definition) is 0. The summed E-state index contributed by atoms with van der Waals surface area (Å²) >= 11 is 0. The summed E-state index contributed by atoms with van der Waals surface area (Å²) in [5.41, 5.74) is 1.12. The van der Waals surface area contributed by atoms with Gasteiger partial charge in [-0.25, -0.2) is 0 Å². The van der Waals surface area contributed by atoms with Crippen LogP contribution in [0.4, 0.5) is 0 Å². The molecule has 1 aliphatic heterocycles. The average Bonchev–Trinajstić information content (AvgIpc) is 2.79. The largest absolute Gasteiger partial charge is 0.489 e. The van der Waals surface area contributed by atoms with Crippen LogP contribution in [0.5, 0.6) is 5.75 Å². The molecule has 0 unspecified atom stereocenters. The molecule has 0 spiro atoms. The van der Waals surface area contributed by atoms with Gasteiger partial charge in [0.1, 0.15) is 11.9 Å². The van der Waals surface area contributed by atoms with Gasteiger partial charge < -0.3 is 14.5 Å². The summed E-state index contributed by atoms with van der Waals surface area (Å²) in [5.74, 6) is 0.439. The van der Waals surface area contributed by atoms with E-state index in [0.29, 0.717) is 55.9 Å². The van der Waals surface area contributed by atoms with Crippen LogP contribution in [0.25, 0.3) is 0 Å². The molecule has 2 amide bonds. The molecule has 30 heavy (non-hydrogen) atoms. The fraction of sp³-hybridized carbons (Fsp3) is 0.292. The van der Waals surface area contributed by atoms with Crippen LogP contribution in [0.3, 0.4) is 0 Å². The van der Waals surface area contributed by atoms with Gasteiger partial charge in [-0.15, -0.1) is 13.2 Å². The van der Waals surface area contributed by atoms with Crippen LogP contribution < -0.4 is 4.74 Å². The molecule has 0 N–H and O–H groups in total. The lowest BCUT2D eigenvalue weighted by atomic mass is 10.1. The number of ether oxygens (including phenoxy) is 1. The maximum Gasteiger partial charge on any atom is 0.258 e. The molecule has 2 heterocycles. The molecule has 0 bridgehead atoms. The van der Waals surface area contributed by atoms with E-state index in [1.54, 1.807) is 47.6 Å². The van der Waals surface area contributed by atoms with Crippen molar-refractivity contribution in [1.82, 2.24) is 14.8 Å². The molecule has 6 heteroatoms. The summed E-state index contributed by atoms with van der Waals surface area (Å²) in [6.45, 7) is 9.53. The first kappa shape index (κ1) is 21.3. The predicted molar refractivity (Wildman–Crippen MR) is 117 cm³/mol. The zero-order valence-corrected chi connectivity index (χ0v) is 17.1. The van der Waals surface area contributed by atoms with E-state index in [1.807, 2.05) is 23.1 Å². The number of piperidine rings is 1. The quantitative estimate of drug-likeness (QED) is 0.630. The van der Waals surface area contributed by atoms with Crippen molar-refractivity contribution in [1.29, 1.82) is 0 Å². The number of aromatic nitrogens is 1. The number of carbonyl (C=O) groups is 2. The number of para-hydroxylation sites is 1. The number of benzene rings is 1. The monoisotopic (exact) mass is 405 g/mol. The van der Waals surface area contributed by atoms with Gasteiger partial charge in [-0.3, -0.25) is 14.6 Å². The maximum absolute atomic E-state index is 13.0. The molecule has 1 aromatic heterocycles. The Labute approximate surface area is 177 Å². The van der Waals surface area contributed by atoms with Crippen LogP contribution >= 0.6 is 0 Å². The molecule has 6 nitrogen and oxygen atoms in total. The van der Waals surface area contributed by atoms with Gasteiger partial charge in [-0.2, -0.15) is 0 Å². The Morgan fingerprint density at radius 3 is 2.43 bits per heavy atom. The molecule has 1 aliphatic rings. The molecule has 2 aromatic rings. The zero-order chi connectivity index (χ0) is 21.3. The van der Waals surface area contributed by atoms with Crippen molar-refractivity contribution in [3.05, 3.63) is 85.2 Å². The second-order valence-electron chi connectivity index (χ2n) is 7.13. The smallest absolute Gasteiger partial charge is 0.258 e. The third kappa shape index (κ3) is 5.14. The highest BCUT2D eigenvalue weighted by Gasteiger charge is 2.26. The van der Waals surface area contributed by atoms with Crippen molar-refractivity contribution in [2.45, 2.75) is 18.9 Å². The fourth-order valence-electron chi connectivity index (χ4n) is 3.50. The fourth-order valence-corrected chi connectivity index (χ4v) is 3.50. The van der Waals surface area contributed by atoms with Crippen LogP contribution in [0.15, 0.2) is 74.1 Å². The molecule has 0 saturated carbocycles. The average molecular weight is 405 g/mol. The normalized spacial score (nSPS) is 14.1. The highest BCUT2D eigenvalue weighted by Crippen LogP contribution is 2.25. The summed E-state index contributed by atoms with van der Waals surface area (Å²) in [4.78, 5) is 33.1. The standard InChI is InChI=1S/C24H27N3O3/c1-3-14-26(15-4-2)24(29)21-9-5-6-10-22(21)30-20-11-16-27(17-12-20)23(28)19-8-7-13-25-18-19/h3-10,13,18,20H,1-2,11-12,14-17H2. The molecule has 1 fully saturated rings. The van der Waals surface area contributed by atoms with Crippen molar-refractivity contribution < 1.29 is 14.3 Å². The zero-order valence-electron chi connectivity index (χ0n) is 17.1. The minimum Gasteiger partial charge on any atom is -0.489 e. The van der Waals surface area contributed by atoms with Gasteiger partial charge >= 0.3 is 0 Å². The van der Waals surface area contributed by atoms with E-state index < -0.39 is 0 Å². The molecule has 3 rings (SSSR count). The number of nitrogens with zero attached hydrogens (tertiary/aromatic N) is 3. The van der Waals surface area contributed by atoms with Crippen molar-refractivity contribution in [3.63, 3.8) is 0 Å². The summed E-state index contributed by atoms with van der Waals surface area (Å²) in [6.07, 6.45) is 7.99. The number of amides is 2. The first-order valence-corrected chi connectivity index (χ1v) is 10.1. The number of carbonyl (C=O) groups excluding carboxylic acids is 2. The van der Waals surface area contributed by atoms with Gasteiger partial charge in [-0.05, 0) is 24.3 Å². The Morgan fingerprint density at radius 2 is 1.80 bits per heavy atom. The molecule has 156 valence electrons. The van der Waals surface area contributed by atoms with Gasteiger partial charge in [0.2, 0.25) is 0 Å². The topological polar surface area (TPSA) is 62.7 Å². The van der Waals surface area contributed by atoms with Crippen molar-refractivity contribution in [2.75, 3.05) is 26.2 Å². The van der Waals surface area contributed by atoms with Gasteiger partial charge in [0.15, 0.2) is 0 Å². The van der Waals surface area contributed by atoms with Gasteiger partial charge in [0.05, 0.1) is 11.1 Å². The molecule has 0 aliphatic carbocycles. The molecule has 0 atom stereocenters. The van der Waals surface area contributed by atoms with Crippen molar-refractivity contribution in [2.24, 2.45) is 0 Å². The molecule has 1 aromatic carbocycles. The van der Waals surface area contributed by atoms with Crippen LogP contribution in [0.1, 0.15) is 33.6 Å². The molecule has 1 saturated heterocycles. The first-order valence-electron chi connectivity index (χ1n) is 10.1. The molecule has 0 radical (unpaired) electrons. The Balaban J connectivity index is 1.64. The van der Waals surface area contributed by atoms with E-state index in [-0.39, 0.29) is 17.9 Å². The Hall–Kier alpha value is -3.41. The lowest BCUT2D eigenvalue weighted by molar-refractivity contribution is 0.0591. The highest BCUT2D eigenvalue weighted by molar-refractivity contribution is 5.97. The van der Waals surface area contributed by atoms with Crippen LogP contribution in [-0.2, 0) is 0 Å². The Kier molecular flexibility index (Phi) is 7.38. The van der Waals surface area contributed by atoms with E-state index in [2.05, 4.69) is 18.1 Å². The maximum atomic E-state index is 13.0. The summed E-state index contributed by atoms with van der Waals surface area (Å²) in [7, 11) is 0. The minimum atomic E-state index is -0.116. The second-order valence-corrected chi connectivity index (χ2v) is 7.13. The van der Waals surface area contributed by atoms with E-state index in [1.165, 1.54) is 0 Å². The number of likely N-dealkylation sites (tertiary alicyclic amines) is 1. The highest BCUT2D eigenvalue weighted by atomic mass is 16.5. The second kappa shape index (κ2) is 10.4. The summed E-state index contributed by atoms with van der Waals surface area (Å²) in [6, 6.07) is 10.8. The van der Waals surface area contributed by atoms with Crippen LogP contribution in [-0.4, -0.2) is 58.9 Å². The van der Waals surface area contributed by atoms with Crippen molar-refractivity contribution >= 4 is 11.8 Å². The Morgan fingerprint density at radius 1 is 1.10 bits per heavy atom.